The van der Waals surface area contributed by atoms with E-state index in [0.29, 0.717) is 0 Å². The molecule has 0 radical (unpaired) electrons. The minimum atomic E-state index is 0.903. The molecule has 1 aromatic carbocycles. The summed E-state index contributed by atoms with van der Waals surface area (Å²) in [7, 11) is 0. The fraction of sp³-hybridized carbons (Fsp3) is 0.214. The van der Waals surface area contributed by atoms with Crippen LogP contribution in [0.1, 0.15) is 44.7 Å². The molecule has 29 heavy (non-hydrogen) atoms. The highest BCUT2D eigenvalue weighted by Crippen LogP contribution is 2.36. The topological polar surface area (TPSA) is 0 Å². The Bertz CT molecular complexity index is 987. The molecule has 2 aliphatic rings. The summed E-state index contributed by atoms with van der Waals surface area (Å²) in [6.45, 7) is 10.7. The Hall–Kier alpha value is -2.51. The van der Waals surface area contributed by atoms with E-state index in [1.165, 1.54) is 38.3 Å². The van der Waals surface area contributed by atoms with Crippen LogP contribution in [0, 0.1) is 0 Å². The molecular formula is C28H30S. The first-order chi connectivity index (χ1) is 14.1. The quantitative estimate of drug-likeness (QED) is 0.448. The number of hydrogen-bond donors (Lipinski definition) is 0. The zero-order valence-electron chi connectivity index (χ0n) is 17.7. The second kappa shape index (κ2) is 10.3. The van der Waals surface area contributed by atoms with Crippen LogP contribution < -0.4 is 0 Å². The molecule has 0 spiro atoms. The van der Waals surface area contributed by atoms with E-state index in [1.807, 2.05) is 11.8 Å². The summed E-state index contributed by atoms with van der Waals surface area (Å²) in [5.74, 6) is 0. The average molecular weight is 399 g/mol. The summed E-state index contributed by atoms with van der Waals surface area (Å²) in [4.78, 5) is 1.44. The third kappa shape index (κ3) is 5.98. The normalized spacial score (nSPS) is 20.9. The standard InChI is InChI=1S/C28H30S/c1-5-21(2)14-15-22(3)18-25-10-6-7-11-26(25)20-24-16-17-29-28-13-9-8-12-27(28)23(4)19-24/h5-8,10-12,14-19H,4,9,13,20H2,1-3H3/b15-14-,17-16-,21-5-,22-18+,24-19+. The molecule has 1 aliphatic heterocycles. The summed E-state index contributed by atoms with van der Waals surface area (Å²) in [5, 5.41) is 2.24. The SMILES string of the molecule is C=C1/C=C(Cc2ccccc2/C=C(C)/C=C\C(C)=C/C)\C=C/SC2=C1C=CCC2. The van der Waals surface area contributed by atoms with Crippen molar-refractivity contribution in [3.8, 4) is 0 Å². The van der Waals surface area contributed by atoms with Gasteiger partial charge in [-0.3, -0.25) is 0 Å². The van der Waals surface area contributed by atoms with Gasteiger partial charge in [0.1, 0.15) is 0 Å². The Balaban J connectivity index is 1.85. The lowest BCUT2D eigenvalue weighted by Gasteiger charge is -2.18. The number of hydrogen-bond acceptors (Lipinski definition) is 1. The molecule has 0 unspecified atom stereocenters. The van der Waals surface area contributed by atoms with Gasteiger partial charge >= 0.3 is 0 Å². The van der Waals surface area contributed by atoms with Gasteiger partial charge in [0.15, 0.2) is 0 Å². The van der Waals surface area contributed by atoms with Crippen LogP contribution >= 0.6 is 11.8 Å². The van der Waals surface area contributed by atoms with Crippen LogP contribution in [-0.4, -0.2) is 0 Å². The lowest BCUT2D eigenvalue weighted by molar-refractivity contribution is 1.00. The predicted octanol–water partition coefficient (Wildman–Crippen LogP) is 8.50. The van der Waals surface area contributed by atoms with Gasteiger partial charge in [0.25, 0.3) is 0 Å². The molecule has 0 saturated carbocycles. The van der Waals surface area contributed by atoms with E-state index >= 15 is 0 Å². The highest BCUT2D eigenvalue weighted by Gasteiger charge is 2.13. The fourth-order valence-corrected chi connectivity index (χ4v) is 4.39. The van der Waals surface area contributed by atoms with E-state index in [2.05, 4.69) is 106 Å². The molecule has 0 fully saturated rings. The lowest BCUT2D eigenvalue weighted by Crippen LogP contribution is -1.98. The third-order valence-corrected chi connectivity index (χ3v) is 6.20. The van der Waals surface area contributed by atoms with Crippen LogP contribution in [0.5, 0.6) is 0 Å². The molecule has 1 heteroatoms. The van der Waals surface area contributed by atoms with Crippen LogP contribution in [0.25, 0.3) is 6.08 Å². The van der Waals surface area contributed by atoms with Crippen molar-refractivity contribution in [3.05, 3.63) is 123 Å². The molecule has 1 heterocycles. The second-order valence-corrected chi connectivity index (χ2v) is 8.57. The van der Waals surface area contributed by atoms with Crippen LogP contribution in [0.2, 0.25) is 0 Å². The monoisotopic (exact) mass is 398 g/mol. The van der Waals surface area contributed by atoms with Gasteiger partial charge in [0.2, 0.25) is 0 Å². The molecule has 0 amide bonds. The van der Waals surface area contributed by atoms with Crippen LogP contribution in [0.4, 0.5) is 0 Å². The largest absolute Gasteiger partial charge is 0.102 e. The van der Waals surface area contributed by atoms with Crippen LogP contribution in [0.15, 0.2) is 112 Å². The summed E-state index contributed by atoms with van der Waals surface area (Å²) < 4.78 is 0. The first kappa shape index (κ1) is 21.2. The smallest absolute Gasteiger partial charge is 0.00194 e. The number of rotatable bonds is 5. The summed E-state index contributed by atoms with van der Waals surface area (Å²) in [5.41, 5.74) is 8.87. The highest BCUT2D eigenvalue weighted by molar-refractivity contribution is 8.05. The molecule has 0 N–H and O–H groups in total. The number of benzene rings is 1. The molecule has 3 rings (SSSR count). The molecule has 0 saturated heterocycles. The Morgan fingerprint density at radius 2 is 1.90 bits per heavy atom. The highest BCUT2D eigenvalue weighted by atomic mass is 32.2. The second-order valence-electron chi connectivity index (χ2n) is 7.57. The van der Waals surface area contributed by atoms with E-state index in [4.69, 9.17) is 0 Å². The van der Waals surface area contributed by atoms with E-state index in [1.54, 1.807) is 0 Å². The van der Waals surface area contributed by atoms with Crippen molar-refractivity contribution < 1.29 is 0 Å². The van der Waals surface area contributed by atoms with Crippen molar-refractivity contribution >= 4 is 17.8 Å². The molecule has 1 aromatic rings. The Kier molecular flexibility index (Phi) is 7.55. The predicted molar refractivity (Wildman–Crippen MR) is 132 cm³/mol. The summed E-state index contributed by atoms with van der Waals surface area (Å²) >= 11 is 1.85. The molecule has 0 aromatic heterocycles. The third-order valence-electron chi connectivity index (χ3n) is 5.22. The maximum Gasteiger partial charge on any atom is -0.00194 e. The molecule has 148 valence electrons. The van der Waals surface area contributed by atoms with E-state index in [9.17, 15) is 0 Å². The van der Waals surface area contributed by atoms with Crippen molar-refractivity contribution in [2.45, 2.75) is 40.0 Å². The van der Waals surface area contributed by atoms with Gasteiger partial charge in [-0.05, 0) is 78.2 Å². The van der Waals surface area contributed by atoms with Crippen LogP contribution in [0.3, 0.4) is 0 Å². The Morgan fingerprint density at radius 3 is 2.72 bits per heavy atom. The number of thioether (sulfide) groups is 1. The van der Waals surface area contributed by atoms with Crippen LogP contribution in [-0.2, 0) is 6.42 Å². The molecule has 0 atom stereocenters. The Morgan fingerprint density at radius 1 is 1.10 bits per heavy atom. The minimum Gasteiger partial charge on any atom is -0.102 e. The van der Waals surface area contributed by atoms with Gasteiger partial charge in [-0.15, -0.1) is 11.8 Å². The minimum absolute atomic E-state index is 0.903. The molecule has 0 nitrogen and oxygen atoms in total. The van der Waals surface area contributed by atoms with Crippen molar-refractivity contribution in [1.29, 1.82) is 0 Å². The van der Waals surface area contributed by atoms with Crippen molar-refractivity contribution in [3.63, 3.8) is 0 Å². The fourth-order valence-electron chi connectivity index (χ4n) is 3.42. The zero-order valence-corrected chi connectivity index (χ0v) is 18.6. The lowest BCUT2D eigenvalue weighted by atomic mass is 9.94. The Labute approximate surface area is 180 Å². The van der Waals surface area contributed by atoms with E-state index in [0.717, 1.165) is 24.8 Å². The summed E-state index contributed by atoms with van der Waals surface area (Å²) in [6.07, 6.45) is 20.9. The molecule has 1 aliphatic carbocycles. The maximum atomic E-state index is 4.35. The van der Waals surface area contributed by atoms with Gasteiger partial charge in [0.05, 0.1) is 0 Å². The van der Waals surface area contributed by atoms with Gasteiger partial charge in [-0.2, -0.15) is 0 Å². The maximum absolute atomic E-state index is 4.35. The van der Waals surface area contributed by atoms with Gasteiger partial charge in [0, 0.05) is 0 Å². The molecular weight excluding hydrogens is 368 g/mol. The van der Waals surface area contributed by atoms with Gasteiger partial charge < -0.3 is 0 Å². The van der Waals surface area contributed by atoms with Crippen molar-refractivity contribution in [1.82, 2.24) is 0 Å². The van der Waals surface area contributed by atoms with Gasteiger partial charge in [-0.1, -0.05) is 90.6 Å². The van der Waals surface area contributed by atoms with Gasteiger partial charge in [-0.25, -0.2) is 0 Å². The first-order valence-electron chi connectivity index (χ1n) is 10.3. The van der Waals surface area contributed by atoms with E-state index < -0.39 is 0 Å². The first-order valence-corrected chi connectivity index (χ1v) is 11.1. The number of allylic oxidation sites excluding steroid dienone is 13. The zero-order chi connectivity index (χ0) is 20.6. The van der Waals surface area contributed by atoms with Crippen molar-refractivity contribution in [2.75, 3.05) is 0 Å². The summed E-state index contributed by atoms with van der Waals surface area (Å²) in [6, 6.07) is 8.68. The average Bonchev–Trinajstić information content (AvgIpc) is 2.72. The van der Waals surface area contributed by atoms with E-state index in [-0.39, 0.29) is 0 Å². The molecule has 0 bridgehead atoms. The van der Waals surface area contributed by atoms with Crippen molar-refractivity contribution in [2.24, 2.45) is 0 Å².